The summed E-state index contributed by atoms with van der Waals surface area (Å²) in [5.74, 6) is 1.54. The van der Waals surface area contributed by atoms with Crippen molar-refractivity contribution in [3.63, 3.8) is 0 Å². The van der Waals surface area contributed by atoms with Gasteiger partial charge in [-0.2, -0.15) is 5.26 Å². The van der Waals surface area contributed by atoms with E-state index in [1.165, 1.54) is 32.1 Å². The molecular weight excluding hydrogens is 238 g/mol. The fourth-order valence-corrected chi connectivity index (χ4v) is 2.56. The molecule has 1 atom stereocenters. The average molecular weight is 259 g/mol. The summed E-state index contributed by atoms with van der Waals surface area (Å²) < 4.78 is 5.79. The number of ether oxygens (including phenoxy) is 1. The molecule has 0 spiro atoms. The van der Waals surface area contributed by atoms with Gasteiger partial charge in [0, 0.05) is 0 Å². The van der Waals surface area contributed by atoms with Crippen LogP contribution in [0.3, 0.4) is 0 Å². The molecule has 1 fully saturated rings. The Kier molecular flexibility index (Phi) is 5.23. The van der Waals surface area contributed by atoms with Crippen molar-refractivity contribution in [1.29, 1.82) is 5.26 Å². The first-order chi connectivity index (χ1) is 9.29. The number of hydrogen-bond acceptors (Lipinski definition) is 3. The van der Waals surface area contributed by atoms with Crippen molar-refractivity contribution >= 4 is 0 Å². The molecule has 1 aromatic carbocycles. The molecule has 0 aliphatic heterocycles. The van der Waals surface area contributed by atoms with Crippen LogP contribution < -0.4 is 4.74 Å². The minimum absolute atomic E-state index is 0.127. The molecule has 1 aliphatic rings. The van der Waals surface area contributed by atoms with Gasteiger partial charge in [-0.1, -0.05) is 31.4 Å². The van der Waals surface area contributed by atoms with Gasteiger partial charge in [0.2, 0.25) is 0 Å². The van der Waals surface area contributed by atoms with Gasteiger partial charge in [0.1, 0.15) is 5.75 Å². The first kappa shape index (κ1) is 13.9. The average Bonchev–Trinajstić information content (AvgIpc) is 2.47. The Labute approximate surface area is 114 Å². The van der Waals surface area contributed by atoms with Crippen LogP contribution in [0.25, 0.3) is 0 Å². The summed E-state index contributed by atoms with van der Waals surface area (Å²) in [5, 5.41) is 18.2. The third-order valence-electron chi connectivity index (χ3n) is 3.76. The predicted molar refractivity (Wildman–Crippen MR) is 73.7 cm³/mol. The van der Waals surface area contributed by atoms with E-state index < -0.39 is 6.10 Å². The quantitative estimate of drug-likeness (QED) is 0.879. The third-order valence-corrected chi connectivity index (χ3v) is 3.76. The maximum absolute atomic E-state index is 9.68. The summed E-state index contributed by atoms with van der Waals surface area (Å²) in [6.45, 7) is 0.792. The first-order valence-electron chi connectivity index (χ1n) is 7.07. The number of nitrogens with zero attached hydrogens (tertiary/aromatic N) is 1. The van der Waals surface area contributed by atoms with Gasteiger partial charge in [-0.05, 0) is 36.5 Å². The van der Waals surface area contributed by atoms with E-state index in [2.05, 4.69) is 0 Å². The monoisotopic (exact) mass is 259 g/mol. The zero-order valence-electron chi connectivity index (χ0n) is 11.2. The van der Waals surface area contributed by atoms with E-state index >= 15 is 0 Å². The maximum atomic E-state index is 9.68. The zero-order valence-corrected chi connectivity index (χ0v) is 11.2. The van der Waals surface area contributed by atoms with E-state index in [-0.39, 0.29) is 6.42 Å². The molecule has 0 saturated heterocycles. The van der Waals surface area contributed by atoms with Crippen LogP contribution in [0.15, 0.2) is 24.3 Å². The van der Waals surface area contributed by atoms with Gasteiger partial charge in [-0.25, -0.2) is 0 Å². The highest BCUT2D eigenvalue weighted by Crippen LogP contribution is 2.25. The molecule has 1 aliphatic carbocycles. The fourth-order valence-electron chi connectivity index (χ4n) is 2.56. The summed E-state index contributed by atoms with van der Waals surface area (Å²) in [5.41, 5.74) is 0.770. The van der Waals surface area contributed by atoms with Crippen LogP contribution >= 0.6 is 0 Å². The van der Waals surface area contributed by atoms with Crippen molar-refractivity contribution in [1.82, 2.24) is 0 Å². The number of aliphatic hydroxyl groups excluding tert-OH is 1. The van der Waals surface area contributed by atoms with E-state index in [1.807, 2.05) is 30.3 Å². The first-order valence-corrected chi connectivity index (χ1v) is 7.07. The number of aliphatic hydroxyl groups is 1. The minimum Gasteiger partial charge on any atom is -0.493 e. The van der Waals surface area contributed by atoms with Crippen LogP contribution in [0.5, 0.6) is 5.75 Å². The molecule has 0 amide bonds. The molecule has 3 nitrogen and oxygen atoms in total. The molecule has 0 radical (unpaired) electrons. The summed E-state index contributed by atoms with van der Waals surface area (Å²) in [4.78, 5) is 0. The van der Waals surface area contributed by atoms with Crippen LogP contribution in [0.1, 0.15) is 50.2 Å². The maximum Gasteiger partial charge on any atom is 0.119 e. The second-order valence-corrected chi connectivity index (χ2v) is 5.26. The highest BCUT2D eigenvalue weighted by Gasteiger charge is 2.14. The normalized spacial score (nSPS) is 17.7. The van der Waals surface area contributed by atoms with Gasteiger partial charge in [0.05, 0.1) is 25.2 Å². The highest BCUT2D eigenvalue weighted by molar-refractivity contribution is 5.28. The number of hydrogen-bond donors (Lipinski definition) is 1. The van der Waals surface area contributed by atoms with Crippen molar-refractivity contribution < 1.29 is 9.84 Å². The van der Waals surface area contributed by atoms with Crippen LogP contribution in [0, 0.1) is 17.2 Å². The fraction of sp³-hybridized carbons (Fsp3) is 0.562. The van der Waals surface area contributed by atoms with E-state index in [1.54, 1.807) is 0 Å². The third kappa shape index (κ3) is 4.25. The largest absolute Gasteiger partial charge is 0.493 e. The zero-order chi connectivity index (χ0) is 13.5. The van der Waals surface area contributed by atoms with Crippen LogP contribution in [-0.4, -0.2) is 11.7 Å². The van der Waals surface area contributed by atoms with Gasteiger partial charge in [0.25, 0.3) is 0 Å². The van der Waals surface area contributed by atoms with E-state index in [0.29, 0.717) is 5.92 Å². The predicted octanol–water partition coefficient (Wildman–Crippen LogP) is 3.59. The lowest BCUT2D eigenvalue weighted by molar-refractivity contribution is 0.183. The molecule has 0 heterocycles. The van der Waals surface area contributed by atoms with Crippen molar-refractivity contribution in [3.05, 3.63) is 29.8 Å². The number of rotatable bonds is 5. The molecule has 102 valence electrons. The van der Waals surface area contributed by atoms with Gasteiger partial charge in [-0.15, -0.1) is 0 Å². The van der Waals surface area contributed by atoms with Gasteiger partial charge in [0.15, 0.2) is 0 Å². The van der Waals surface area contributed by atoms with E-state index in [4.69, 9.17) is 10.00 Å². The van der Waals surface area contributed by atoms with Crippen molar-refractivity contribution in [2.45, 2.75) is 44.6 Å². The second kappa shape index (κ2) is 7.16. The van der Waals surface area contributed by atoms with Gasteiger partial charge >= 0.3 is 0 Å². The number of benzene rings is 1. The van der Waals surface area contributed by atoms with Crippen LogP contribution in [0.4, 0.5) is 0 Å². The molecule has 1 saturated carbocycles. The topological polar surface area (TPSA) is 53.2 Å². The molecule has 1 unspecified atom stereocenters. The SMILES string of the molecule is N#CCC(O)c1ccc(OCC2CCCCC2)cc1. The van der Waals surface area contributed by atoms with Crippen LogP contribution in [-0.2, 0) is 0 Å². The summed E-state index contributed by atoms with van der Waals surface area (Å²) >= 11 is 0. The molecule has 1 N–H and O–H groups in total. The highest BCUT2D eigenvalue weighted by atomic mass is 16.5. The number of nitriles is 1. The Hall–Kier alpha value is -1.53. The summed E-state index contributed by atoms with van der Waals surface area (Å²) in [7, 11) is 0. The summed E-state index contributed by atoms with van der Waals surface area (Å²) in [6, 6.07) is 9.38. The lowest BCUT2D eigenvalue weighted by Gasteiger charge is -2.21. The van der Waals surface area contributed by atoms with E-state index in [0.717, 1.165) is 17.9 Å². The van der Waals surface area contributed by atoms with E-state index in [9.17, 15) is 5.11 Å². The smallest absolute Gasteiger partial charge is 0.119 e. The van der Waals surface area contributed by atoms with Crippen LogP contribution in [0.2, 0.25) is 0 Å². The second-order valence-electron chi connectivity index (χ2n) is 5.26. The van der Waals surface area contributed by atoms with Gasteiger partial charge in [-0.3, -0.25) is 0 Å². The summed E-state index contributed by atoms with van der Waals surface area (Å²) in [6.07, 6.45) is 6.00. The Morgan fingerprint density at radius 3 is 2.53 bits per heavy atom. The van der Waals surface area contributed by atoms with Crippen molar-refractivity contribution in [2.24, 2.45) is 5.92 Å². The minimum atomic E-state index is -0.697. The van der Waals surface area contributed by atoms with Crippen molar-refractivity contribution in [2.75, 3.05) is 6.61 Å². The lowest BCUT2D eigenvalue weighted by Crippen LogP contribution is -2.15. The standard InChI is InChI=1S/C16H21NO2/c17-11-10-16(18)14-6-8-15(9-7-14)19-12-13-4-2-1-3-5-13/h6-9,13,16,18H,1-5,10,12H2. The Morgan fingerprint density at radius 2 is 1.89 bits per heavy atom. The van der Waals surface area contributed by atoms with Gasteiger partial charge < -0.3 is 9.84 Å². The molecule has 0 bridgehead atoms. The molecule has 1 aromatic rings. The molecule has 3 heteroatoms. The molecule has 0 aromatic heterocycles. The Balaban J connectivity index is 1.83. The Bertz CT molecular complexity index is 415. The lowest BCUT2D eigenvalue weighted by atomic mass is 9.90. The Morgan fingerprint density at radius 1 is 1.21 bits per heavy atom. The molecular formula is C16H21NO2. The molecule has 2 rings (SSSR count). The van der Waals surface area contributed by atoms with Crippen molar-refractivity contribution in [3.8, 4) is 11.8 Å². The molecule has 19 heavy (non-hydrogen) atoms.